The molecule has 2 rings (SSSR count). The quantitative estimate of drug-likeness (QED) is 0.591. The van der Waals surface area contributed by atoms with Crippen molar-refractivity contribution in [2.75, 3.05) is 0 Å². The maximum atomic E-state index is 11.0. The van der Waals surface area contributed by atoms with Gasteiger partial charge in [0, 0.05) is 0 Å². The molecule has 1 aromatic rings. The van der Waals surface area contributed by atoms with Gasteiger partial charge in [0.15, 0.2) is 6.10 Å². The molecule has 7 nitrogen and oxygen atoms in total. The number of carboxylic acids is 1. The normalized spacial score (nSPS) is 24.5. The molecule has 1 fully saturated rings. The summed E-state index contributed by atoms with van der Waals surface area (Å²) in [5, 5.41) is 38.1. The van der Waals surface area contributed by atoms with Gasteiger partial charge < -0.3 is 29.9 Å². The third-order valence-corrected chi connectivity index (χ3v) is 3.39. The van der Waals surface area contributed by atoms with Crippen molar-refractivity contribution >= 4 is 5.97 Å². The van der Waals surface area contributed by atoms with Gasteiger partial charge in [0.1, 0.15) is 24.1 Å². The minimum atomic E-state index is -1.73. The fourth-order valence-electron chi connectivity index (χ4n) is 2.21. The molecule has 1 heterocycles. The van der Waals surface area contributed by atoms with Crippen LogP contribution in [-0.4, -0.2) is 57.1 Å². The van der Waals surface area contributed by atoms with Gasteiger partial charge in [-0.1, -0.05) is 73.1 Å². The number of hydrogen-bond donors (Lipinski definition) is 4. The fourth-order valence-corrected chi connectivity index (χ4v) is 2.21. The zero-order chi connectivity index (χ0) is 23.7. The molecule has 1 aromatic carbocycles. The van der Waals surface area contributed by atoms with E-state index in [0.717, 1.165) is 11.1 Å². The smallest absolute Gasteiger partial charge is 0.335 e. The summed E-state index contributed by atoms with van der Waals surface area (Å²) >= 11 is 0. The Labute approximate surface area is 176 Å². The van der Waals surface area contributed by atoms with E-state index in [2.05, 4.69) is 0 Å². The Morgan fingerprint density at radius 3 is 1.76 bits per heavy atom. The molecule has 0 saturated carbocycles. The van der Waals surface area contributed by atoms with Crippen molar-refractivity contribution < 1.29 is 34.7 Å². The van der Waals surface area contributed by atoms with Crippen LogP contribution >= 0.6 is 0 Å². The van der Waals surface area contributed by atoms with Crippen LogP contribution in [0.3, 0.4) is 0 Å². The number of hydrogen-bond acceptors (Lipinski definition) is 6. The largest absolute Gasteiger partial charge is 0.479 e. The monoisotopic (exact) mass is 418 g/mol. The number of carboxylic acid groups (broad SMARTS) is 1. The van der Waals surface area contributed by atoms with Gasteiger partial charge in [-0.2, -0.15) is 0 Å². The van der Waals surface area contributed by atoms with Crippen molar-refractivity contribution in [2.24, 2.45) is 0 Å². The minimum absolute atomic E-state index is 0.400. The second kappa shape index (κ2) is 18.4. The third-order valence-electron chi connectivity index (χ3n) is 3.39. The number of aliphatic carboxylic acids is 1. The predicted octanol–water partition coefficient (Wildman–Crippen LogP) is 3.68. The Hall–Kier alpha value is -1.67. The first-order valence-electron chi connectivity index (χ1n) is 10.5. The molecule has 1 aliphatic rings. The lowest BCUT2D eigenvalue weighted by Crippen LogP contribution is -2.61. The average molecular weight is 419 g/mol. The Morgan fingerprint density at radius 2 is 1.34 bits per heavy atom. The first kappa shape index (κ1) is 32.0. The first-order chi connectivity index (χ1) is 13.8. The van der Waals surface area contributed by atoms with Crippen LogP contribution in [0.4, 0.5) is 0 Å². The fraction of sp³-hybridized carbons (Fsp3) is 0.682. The number of carbonyl (C=O) groups is 1. The van der Waals surface area contributed by atoms with Gasteiger partial charge in [0.05, 0.1) is 0 Å². The molecule has 1 aliphatic heterocycles. The van der Waals surface area contributed by atoms with E-state index < -0.39 is 36.7 Å². The van der Waals surface area contributed by atoms with Gasteiger partial charge in [-0.3, -0.25) is 0 Å². The zero-order valence-corrected chi connectivity index (χ0v) is 19.6. The predicted molar refractivity (Wildman–Crippen MR) is 116 cm³/mol. The highest BCUT2D eigenvalue weighted by atomic mass is 16.7. The van der Waals surface area contributed by atoms with Crippen LogP contribution < -0.4 is 4.74 Å². The number of benzene rings is 1. The number of aliphatic hydroxyl groups excluding tert-OH is 3. The van der Waals surface area contributed by atoms with Crippen LogP contribution in [-0.2, 0) is 9.53 Å². The first-order valence-corrected chi connectivity index (χ1v) is 10.5. The van der Waals surface area contributed by atoms with Crippen molar-refractivity contribution in [2.45, 2.75) is 99.9 Å². The van der Waals surface area contributed by atoms with Gasteiger partial charge in [0.2, 0.25) is 6.29 Å². The molecule has 0 bridgehead atoms. The lowest BCUT2D eigenvalue weighted by Gasteiger charge is -2.38. The van der Waals surface area contributed by atoms with Crippen LogP contribution in [0.5, 0.6) is 5.75 Å². The molecular formula is C22H42O7. The van der Waals surface area contributed by atoms with Crippen LogP contribution in [0.2, 0.25) is 0 Å². The highest BCUT2D eigenvalue weighted by Gasteiger charge is 2.48. The van der Waals surface area contributed by atoms with Crippen molar-refractivity contribution in [1.82, 2.24) is 0 Å². The summed E-state index contributed by atoms with van der Waals surface area (Å²) in [6.45, 7) is 19.7. The Kier molecular flexibility index (Phi) is 20.3. The van der Waals surface area contributed by atoms with Gasteiger partial charge in [-0.05, 0) is 25.5 Å². The van der Waals surface area contributed by atoms with E-state index in [1.165, 1.54) is 0 Å². The van der Waals surface area contributed by atoms with E-state index in [9.17, 15) is 20.1 Å². The van der Waals surface area contributed by atoms with Crippen molar-refractivity contribution in [3.05, 3.63) is 29.3 Å². The molecule has 0 radical (unpaired) electrons. The molecule has 1 saturated heterocycles. The molecule has 0 aliphatic carbocycles. The van der Waals surface area contributed by atoms with Crippen LogP contribution in [0, 0.1) is 13.8 Å². The van der Waals surface area contributed by atoms with E-state index in [4.69, 9.17) is 14.6 Å². The second-order valence-electron chi connectivity index (χ2n) is 5.12. The van der Waals surface area contributed by atoms with Crippen LogP contribution in [0.15, 0.2) is 18.2 Å². The molecular weight excluding hydrogens is 376 g/mol. The summed E-state index contributed by atoms with van der Waals surface area (Å²) in [5.74, 6) is -1.04. The summed E-state index contributed by atoms with van der Waals surface area (Å²) < 4.78 is 10.5. The summed E-state index contributed by atoms with van der Waals surface area (Å²) in [7, 11) is 0. The maximum absolute atomic E-state index is 11.0. The Morgan fingerprint density at radius 1 is 0.862 bits per heavy atom. The highest BCUT2D eigenvalue weighted by Crippen LogP contribution is 2.26. The van der Waals surface area contributed by atoms with Gasteiger partial charge in [-0.25, -0.2) is 4.79 Å². The number of ether oxygens (including phenoxy) is 2. The standard InChI is InChI=1S/C14H18O7.4C2H6/c1-6-3-4-8(7(2)5-6)20-14-11(17)9(15)10(16)12(21-14)13(18)19;4*1-2/h3-5,9-12,14-17H,1-2H3,(H,18,19);4*1-2H3. The highest BCUT2D eigenvalue weighted by molar-refractivity contribution is 5.73. The summed E-state index contributed by atoms with van der Waals surface area (Å²) in [6, 6.07) is 5.30. The number of aryl methyl sites for hydroxylation is 2. The molecule has 5 unspecified atom stereocenters. The average Bonchev–Trinajstić information content (AvgIpc) is 2.75. The SMILES string of the molecule is CC.CC.CC.CC.Cc1ccc(OC2OC(C(=O)O)C(O)C(O)C2O)c(C)c1. The van der Waals surface area contributed by atoms with Crippen molar-refractivity contribution in [1.29, 1.82) is 0 Å². The zero-order valence-electron chi connectivity index (χ0n) is 19.6. The summed E-state index contributed by atoms with van der Waals surface area (Å²) in [4.78, 5) is 11.0. The Bertz CT molecular complexity index is 534. The van der Waals surface area contributed by atoms with Gasteiger partial charge in [0.25, 0.3) is 0 Å². The molecule has 5 atom stereocenters. The van der Waals surface area contributed by atoms with Crippen molar-refractivity contribution in [3.8, 4) is 5.75 Å². The molecule has 0 amide bonds. The Balaban J connectivity index is -0.000000754. The molecule has 0 spiro atoms. The lowest BCUT2D eigenvalue weighted by molar-refractivity contribution is -0.271. The number of aliphatic hydroxyl groups is 3. The van der Waals surface area contributed by atoms with Gasteiger partial charge >= 0.3 is 5.97 Å². The molecule has 29 heavy (non-hydrogen) atoms. The van der Waals surface area contributed by atoms with E-state index in [-0.39, 0.29) is 0 Å². The van der Waals surface area contributed by atoms with Crippen LogP contribution in [0.1, 0.15) is 66.5 Å². The molecule has 172 valence electrons. The summed E-state index contributed by atoms with van der Waals surface area (Å²) in [5.41, 5.74) is 1.79. The lowest BCUT2D eigenvalue weighted by atomic mass is 9.99. The van der Waals surface area contributed by atoms with E-state index in [1.54, 1.807) is 19.1 Å². The second-order valence-corrected chi connectivity index (χ2v) is 5.12. The minimum Gasteiger partial charge on any atom is -0.479 e. The molecule has 0 aromatic heterocycles. The van der Waals surface area contributed by atoms with E-state index in [0.29, 0.717) is 5.75 Å². The van der Waals surface area contributed by atoms with Crippen LogP contribution in [0.25, 0.3) is 0 Å². The number of rotatable bonds is 3. The summed E-state index contributed by atoms with van der Waals surface area (Å²) in [6.07, 6.45) is -8.01. The topological polar surface area (TPSA) is 116 Å². The maximum Gasteiger partial charge on any atom is 0.335 e. The van der Waals surface area contributed by atoms with E-state index >= 15 is 0 Å². The molecule has 7 heteroatoms. The van der Waals surface area contributed by atoms with Gasteiger partial charge in [-0.15, -0.1) is 0 Å². The molecule has 4 N–H and O–H groups in total. The van der Waals surface area contributed by atoms with Crippen molar-refractivity contribution in [3.63, 3.8) is 0 Å². The van der Waals surface area contributed by atoms with E-state index in [1.807, 2.05) is 68.4 Å². The third kappa shape index (κ3) is 10.1.